The molecule has 0 aliphatic heterocycles. The molecule has 0 radical (unpaired) electrons. The number of benzene rings is 3. The van der Waals surface area contributed by atoms with Crippen LogP contribution in [0.5, 0.6) is 11.5 Å². The first-order valence-corrected chi connectivity index (χ1v) is 12.7. The predicted molar refractivity (Wildman–Crippen MR) is 143 cm³/mol. The number of nitrogens with zero attached hydrogens (tertiary/aromatic N) is 3. The highest BCUT2D eigenvalue weighted by molar-refractivity contribution is 7.92. The molecule has 5 aromatic rings. The van der Waals surface area contributed by atoms with E-state index in [4.69, 9.17) is 4.74 Å². The van der Waals surface area contributed by atoms with Crippen LogP contribution < -0.4 is 20.1 Å². The molecular formula is C27H22N6O3S. The van der Waals surface area contributed by atoms with Gasteiger partial charge in [-0.1, -0.05) is 24.3 Å². The summed E-state index contributed by atoms with van der Waals surface area (Å²) in [7, 11) is -3.77. The van der Waals surface area contributed by atoms with Crippen LogP contribution in [-0.2, 0) is 10.0 Å². The topological polar surface area (TPSA) is 118 Å². The third kappa shape index (κ3) is 6.38. The lowest BCUT2D eigenvalue weighted by Gasteiger charge is -2.11. The van der Waals surface area contributed by atoms with Gasteiger partial charge in [-0.15, -0.1) is 0 Å². The Morgan fingerprint density at radius 3 is 1.95 bits per heavy atom. The van der Waals surface area contributed by atoms with Gasteiger partial charge in [-0.3, -0.25) is 4.72 Å². The van der Waals surface area contributed by atoms with Crippen molar-refractivity contribution in [2.24, 2.45) is 0 Å². The smallest absolute Gasteiger partial charge is 0.261 e. The van der Waals surface area contributed by atoms with Crippen molar-refractivity contribution < 1.29 is 13.2 Å². The van der Waals surface area contributed by atoms with Crippen molar-refractivity contribution in [2.75, 3.05) is 15.4 Å². The van der Waals surface area contributed by atoms with Gasteiger partial charge in [0, 0.05) is 23.6 Å². The Bertz CT molecular complexity index is 1560. The zero-order valence-electron chi connectivity index (χ0n) is 19.4. The average Bonchev–Trinajstić information content (AvgIpc) is 2.91. The first-order chi connectivity index (χ1) is 18.0. The molecule has 9 nitrogen and oxygen atoms in total. The summed E-state index contributed by atoms with van der Waals surface area (Å²) in [6.07, 6.45) is 3.13. The molecule has 5 rings (SSSR count). The zero-order chi connectivity index (χ0) is 25.5. The van der Waals surface area contributed by atoms with Gasteiger partial charge in [0.15, 0.2) is 0 Å². The van der Waals surface area contributed by atoms with Crippen LogP contribution in [-0.4, -0.2) is 23.4 Å². The van der Waals surface area contributed by atoms with E-state index < -0.39 is 10.0 Å². The number of hydrogen-bond donors (Lipinski definition) is 3. The fourth-order valence-electron chi connectivity index (χ4n) is 3.36. The van der Waals surface area contributed by atoms with E-state index in [9.17, 15) is 8.42 Å². The molecule has 3 N–H and O–H groups in total. The number of pyridine rings is 1. The lowest BCUT2D eigenvalue weighted by Crippen LogP contribution is -2.12. The van der Waals surface area contributed by atoms with Gasteiger partial charge in [-0.05, 0) is 72.8 Å². The quantitative estimate of drug-likeness (QED) is 0.223. The maximum Gasteiger partial charge on any atom is 0.261 e. The first-order valence-electron chi connectivity index (χ1n) is 11.3. The number of aromatic nitrogens is 3. The molecule has 0 bridgehead atoms. The molecule has 0 saturated heterocycles. The van der Waals surface area contributed by atoms with Crippen molar-refractivity contribution in [3.05, 3.63) is 116 Å². The molecule has 184 valence electrons. The Morgan fingerprint density at radius 1 is 0.595 bits per heavy atom. The largest absolute Gasteiger partial charge is 0.457 e. The van der Waals surface area contributed by atoms with Crippen LogP contribution in [0.2, 0.25) is 0 Å². The summed E-state index contributed by atoms with van der Waals surface area (Å²) in [5.41, 5.74) is 1.16. The molecule has 3 aromatic carbocycles. The first kappa shape index (κ1) is 23.8. The lowest BCUT2D eigenvalue weighted by atomic mass is 10.3. The van der Waals surface area contributed by atoms with E-state index in [1.807, 2.05) is 48.5 Å². The molecule has 0 aliphatic carbocycles. The van der Waals surface area contributed by atoms with Crippen molar-refractivity contribution in [1.82, 2.24) is 15.0 Å². The molecule has 0 saturated carbocycles. The van der Waals surface area contributed by atoms with E-state index in [1.54, 1.807) is 48.7 Å². The number of rotatable bonds is 9. The standard InChI is InChI=1S/C27H22N6O3S/c34-37(35,24-15-13-23(14-16-24)36-22-6-2-1-3-7-22)33-21-11-9-20(10-12-21)31-26-18-27(30-19-29-26)32-25-8-4-5-17-28-25/h1-19,33H,(H2,28,29,30,31,32). The van der Waals surface area contributed by atoms with Crippen LogP contribution in [0.15, 0.2) is 121 Å². The molecule has 10 heteroatoms. The number of sulfonamides is 1. The summed E-state index contributed by atoms with van der Waals surface area (Å²) >= 11 is 0. The average molecular weight is 511 g/mol. The van der Waals surface area contributed by atoms with Gasteiger partial charge in [-0.2, -0.15) is 0 Å². The van der Waals surface area contributed by atoms with E-state index in [2.05, 4.69) is 30.3 Å². The third-order valence-electron chi connectivity index (χ3n) is 5.11. The van der Waals surface area contributed by atoms with Crippen molar-refractivity contribution in [1.29, 1.82) is 0 Å². The molecule has 2 aromatic heterocycles. The molecule has 0 spiro atoms. The Morgan fingerprint density at radius 2 is 1.24 bits per heavy atom. The fourth-order valence-corrected chi connectivity index (χ4v) is 4.42. The molecule has 0 unspecified atom stereocenters. The Kier molecular flexibility index (Phi) is 6.91. The summed E-state index contributed by atoms with van der Waals surface area (Å²) in [4.78, 5) is 12.8. The van der Waals surface area contributed by atoms with Crippen molar-refractivity contribution in [3.8, 4) is 11.5 Å². The molecule has 0 amide bonds. The maximum atomic E-state index is 12.8. The number of nitrogens with one attached hydrogen (secondary N) is 3. The highest BCUT2D eigenvalue weighted by Gasteiger charge is 2.14. The number of para-hydroxylation sites is 1. The maximum absolute atomic E-state index is 12.8. The number of hydrogen-bond acceptors (Lipinski definition) is 8. The highest BCUT2D eigenvalue weighted by atomic mass is 32.2. The second-order valence-corrected chi connectivity index (χ2v) is 9.51. The van der Waals surface area contributed by atoms with Crippen LogP contribution in [0.3, 0.4) is 0 Å². The van der Waals surface area contributed by atoms with Crippen LogP contribution in [0, 0.1) is 0 Å². The van der Waals surface area contributed by atoms with E-state index in [1.165, 1.54) is 18.5 Å². The van der Waals surface area contributed by atoms with E-state index in [-0.39, 0.29) is 4.90 Å². The van der Waals surface area contributed by atoms with Gasteiger partial charge >= 0.3 is 0 Å². The number of ether oxygens (including phenoxy) is 1. The molecule has 0 aliphatic rings. The van der Waals surface area contributed by atoms with E-state index >= 15 is 0 Å². The molecule has 2 heterocycles. The second kappa shape index (κ2) is 10.8. The predicted octanol–water partition coefficient (Wildman–Crippen LogP) is 5.95. The van der Waals surface area contributed by atoms with Crippen LogP contribution >= 0.6 is 0 Å². The van der Waals surface area contributed by atoms with Gasteiger partial charge in [0.2, 0.25) is 0 Å². The van der Waals surface area contributed by atoms with Gasteiger partial charge in [0.05, 0.1) is 4.90 Å². The van der Waals surface area contributed by atoms with Crippen molar-refractivity contribution >= 4 is 38.9 Å². The van der Waals surface area contributed by atoms with Crippen molar-refractivity contribution in [3.63, 3.8) is 0 Å². The van der Waals surface area contributed by atoms with E-state index in [0.29, 0.717) is 34.6 Å². The fraction of sp³-hybridized carbons (Fsp3) is 0. The number of anilines is 5. The van der Waals surface area contributed by atoms with Crippen LogP contribution in [0.4, 0.5) is 28.8 Å². The van der Waals surface area contributed by atoms with Gasteiger partial charge < -0.3 is 15.4 Å². The zero-order valence-corrected chi connectivity index (χ0v) is 20.3. The molecule has 37 heavy (non-hydrogen) atoms. The monoisotopic (exact) mass is 510 g/mol. The third-order valence-corrected chi connectivity index (χ3v) is 6.51. The molecule has 0 atom stereocenters. The lowest BCUT2D eigenvalue weighted by molar-refractivity contribution is 0.482. The molecule has 0 fully saturated rings. The minimum atomic E-state index is -3.77. The van der Waals surface area contributed by atoms with Crippen LogP contribution in [0.1, 0.15) is 0 Å². The Balaban J connectivity index is 1.21. The normalized spacial score (nSPS) is 10.9. The minimum Gasteiger partial charge on any atom is -0.457 e. The van der Waals surface area contributed by atoms with Gasteiger partial charge in [0.1, 0.15) is 35.3 Å². The molecular weight excluding hydrogens is 488 g/mol. The summed E-state index contributed by atoms with van der Waals surface area (Å²) in [5.74, 6) is 3.04. The van der Waals surface area contributed by atoms with Crippen molar-refractivity contribution in [2.45, 2.75) is 4.90 Å². The second-order valence-electron chi connectivity index (χ2n) is 7.82. The summed E-state index contributed by atoms with van der Waals surface area (Å²) in [6.45, 7) is 0. The summed E-state index contributed by atoms with van der Waals surface area (Å²) in [6, 6.07) is 29.7. The van der Waals surface area contributed by atoms with Gasteiger partial charge in [0.25, 0.3) is 10.0 Å². The van der Waals surface area contributed by atoms with E-state index in [0.717, 1.165) is 5.69 Å². The van der Waals surface area contributed by atoms with Gasteiger partial charge in [-0.25, -0.2) is 23.4 Å². The Hall–Kier alpha value is -4.96. The Labute approximate surface area is 214 Å². The summed E-state index contributed by atoms with van der Waals surface area (Å²) < 4.78 is 34.0. The minimum absolute atomic E-state index is 0.129. The van der Waals surface area contributed by atoms with Crippen LogP contribution in [0.25, 0.3) is 0 Å². The highest BCUT2D eigenvalue weighted by Crippen LogP contribution is 2.25. The summed E-state index contributed by atoms with van der Waals surface area (Å²) in [5, 5.41) is 6.28. The SMILES string of the molecule is O=S(=O)(Nc1ccc(Nc2cc(Nc3ccccn3)ncn2)cc1)c1ccc(Oc2ccccc2)cc1.